The van der Waals surface area contributed by atoms with Crippen LogP contribution >= 0.6 is 27.7 Å². The zero-order chi connectivity index (χ0) is 14.8. The van der Waals surface area contributed by atoms with Crippen molar-refractivity contribution in [2.75, 3.05) is 0 Å². The number of halogens is 1. The fraction of sp³-hybridized carbons (Fsp3) is 0.231. The van der Waals surface area contributed by atoms with Crippen LogP contribution in [0.3, 0.4) is 0 Å². The fourth-order valence-corrected chi connectivity index (χ4v) is 2.88. The Morgan fingerprint density at radius 3 is 2.71 bits per heavy atom. The molecule has 0 unspecified atom stereocenters. The van der Waals surface area contributed by atoms with Gasteiger partial charge in [0.05, 0.1) is 5.75 Å². The average Bonchev–Trinajstić information content (AvgIpc) is 3.04. The zero-order valence-electron chi connectivity index (χ0n) is 11.3. The molecule has 3 heterocycles. The van der Waals surface area contributed by atoms with E-state index in [1.807, 2.05) is 19.9 Å². The van der Waals surface area contributed by atoms with Crippen LogP contribution in [0.2, 0.25) is 0 Å². The van der Waals surface area contributed by atoms with Gasteiger partial charge in [0, 0.05) is 5.69 Å². The van der Waals surface area contributed by atoms with Gasteiger partial charge in [0.15, 0.2) is 10.4 Å². The molecular weight excluding hydrogens is 356 g/mol. The number of aromatic nitrogens is 4. The summed E-state index contributed by atoms with van der Waals surface area (Å²) in [5, 5.41) is 8.86. The van der Waals surface area contributed by atoms with Crippen LogP contribution in [-0.2, 0) is 5.75 Å². The molecule has 0 bridgehead atoms. The highest BCUT2D eigenvalue weighted by Gasteiger charge is 2.12. The minimum Gasteiger partial charge on any atom is -0.444 e. The normalized spacial score (nSPS) is 11.0. The molecular formula is C13H11BrN4O2S. The first-order valence-corrected chi connectivity index (χ1v) is 7.91. The van der Waals surface area contributed by atoms with Crippen molar-refractivity contribution in [1.29, 1.82) is 0 Å². The van der Waals surface area contributed by atoms with Gasteiger partial charge in [-0.05, 0) is 48.0 Å². The number of thioether (sulfide) groups is 1. The van der Waals surface area contributed by atoms with Crippen LogP contribution in [0.25, 0.3) is 11.7 Å². The second kappa shape index (κ2) is 5.98. The predicted octanol–water partition coefficient (Wildman–Crippen LogP) is 3.79. The van der Waals surface area contributed by atoms with Crippen molar-refractivity contribution >= 4 is 27.7 Å². The topological polar surface area (TPSA) is 77.8 Å². The van der Waals surface area contributed by atoms with Crippen LogP contribution < -0.4 is 0 Å². The molecule has 3 aromatic rings. The molecule has 0 aliphatic carbocycles. The molecule has 0 fully saturated rings. The molecule has 0 atom stereocenters. The van der Waals surface area contributed by atoms with E-state index in [0.717, 1.165) is 16.5 Å². The van der Waals surface area contributed by atoms with E-state index in [9.17, 15) is 0 Å². The van der Waals surface area contributed by atoms with E-state index in [-0.39, 0.29) is 0 Å². The van der Waals surface area contributed by atoms with Crippen LogP contribution in [0.15, 0.2) is 36.7 Å². The maximum atomic E-state index is 5.56. The molecule has 108 valence electrons. The fourth-order valence-electron chi connectivity index (χ4n) is 1.73. The Labute approximate surface area is 133 Å². The summed E-state index contributed by atoms with van der Waals surface area (Å²) in [5.74, 6) is 2.73. The van der Waals surface area contributed by atoms with E-state index < -0.39 is 0 Å². The smallest absolute Gasteiger partial charge is 0.283 e. The minimum absolute atomic E-state index is 0.367. The zero-order valence-corrected chi connectivity index (χ0v) is 13.7. The van der Waals surface area contributed by atoms with E-state index >= 15 is 0 Å². The number of rotatable bonds is 4. The lowest BCUT2D eigenvalue weighted by atomic mass is 10.4. The molecule has 8 heteroatoms. The highest BCUT2D eigenvalue weighted by molar-refractivity contribution is 9.10. The Kier molecular flexibility index (Phi) is 4.07. The van der Waals surface area contributed by atoms with Crippen molar-refractivity contribution in [1.82, 2.24) is 20.2 Å². The molecule has 0 saturated carbocycles. The Bertz CT molecular complexity index is 751. The molecule has 0 radical (unpaired) electrons. The van der Waals surface area contributed by atoms with Gasteiger partial charge in [0.25, 0.3) is 5.89 Å². The van der Waals surface area contributed by atoms with Crippen LogP contribution in [-0.4, -0.2) is 20.2 Å². The van der Waals surface area contributed by atoms with E-state index in [0.29, 0.717) is 28.0 Å². The van der Waals surface area contributed by atoms with Crippen molar-refractivity contribution in [2.24, 2.45) is 0 Å². The van der Waals surface area contributed by atoms with Crippen LogP contribution in [0.1, 0.15) is 17.4 Å². The summed E-state index contributed by atoms with van der Waals surface area (Å²) in [6, 6.07) is 5.48. The van der Waals surface area contributed by atoms with E-state index in [1.165, 1.54) is 11.8 Å². The molecule has 6 nitrogen and oxygen atoms in total. The van der Waals surface area contributed by atoms with Gasteiger partial charge in [-0.2, -0.15) is 0 Å². The Balaban J connectivity index is 1.70. The lowest BCUT2D eigenvalue weighted by Crippen LogP contribution is -1.93. The molecule has 21 heavy (non-hydrogen) atoms. The molecule has 0 aliphatic rings. The molecule has 0 aromatic carbocycles. The quantitative estimate of drug-likeness (QED) is 0.513. The van der Waals surface area contributed by atoms with Gasteiger partial charge >= 0.3 is 0 Å². The molecule has 0 N–H and O–H groups in total. The molecule has 0 saturated heterocycles. The van der Waals surface area contributed by atoms with E-state index in [1.54, 1.807) is 12.1 Å². The molecule has 0 spiro atoms. The van der Waals surface area contributed by atoms with Gasteiger partial charge in [-0.25, -0.2) is 9.97 Å². The SMILES string of the molecule is Cc1cc(SCc2nnc(-c3ccc(Br)o3)o2)nc(C)n1. The number of furan rings is 1. The van der Waals surface area contributed by atoms with Gasteiger partial charge in [-0.15, -0.1) is 10.2 Å². The van der Waals surface area contributed by atoms with Crippen molar-refractivity contribution in [3.05, 3.63) is 40.3 Å². The van der Waals surface area contributed by atoms with E-state index in [2.05, 4.69) is 36.1 Å². The van der Waals surface area contributed by atoms with Crippen molar-refractivity contribution in [3.8, 4) is 11.7 Å². The standard InChI is InChI=1S/C13H11BrN4O2S/c1-7-5-12(16-8(2)15-7)21-6-11-17-18-13(20-11)9-3-4-10(14)19-9/h3-5H,6H2,1-2H3. The minimum atomic E-state index is 0.367. The summed E-state index contributed by atoms with van der Waals surface area (Å²) >= 11 is 4.76. The van der Waals surface area contributed by atoms with Gasteiger partial charge < -0.3 is 8.83 Å². The third kappa shape index (κ3) is 3.51. The summed E-state index contributed by atoms with van der Waals surface area (Å²) in [6.45, 7) is 3.81. The van der Waals surface area contributed by atoms with Gasteiger partial charge in [-0.3, -0.25) is 0 Å². The van der Waals surface area contributed by atoms with Crippen LogP contribution in [0, 0.1) is 13.8 Å². The Morgan fingerprint density at radius 1 is 1.14 bits per heavy atom. The first-order chi connectivity index (χ1) is 10.1. The highest BCUT2D eigenvalue weighted by atomic mass is 79.9. The largest absolute Gasteiger partial charge is 0.444 e. The first kappa shape index (κ1) is 14.3. The van der Waals surface area contributed by atoms with Gasteiger partial charge in [-0.1, -0.05) is 11.8 Å². The number of hydrogen-bond acceptors (Lipinski definition) is 7. The number of nitrogens with zero attached hydrogens (tertiary/aromatic N) is 4. The van der Waals surface area contributed by atoms with E-state index in [4.69, 9.17) is 8.83 Å². The summed E-state index contributed by atoms with van der Waals surface area (Å²) < 4.78 is 11.6. The second-order valence-corrected chi connectivity index (χ2v) is 6.07. The van der Waals surface area contributed by atoms with Gasteiger partial charge in [0.2, 0.25) is 5.89 Å². The highest BCUT2D eigenvalue weighted by Crippen LogP contribution is 2.26. The van der Waals surface area contributed by atoms with Crippen molar-refractivity contribution in [3.63, 3.8) is 0 Å². The second-order valence-electron chi connectivity index (χ2n) is 4.29. The lowest BCUT2D eigenvalue weighted by Gasteiger charge is -2.00. The number of aryl methyl sites for hydroxylation is 2. The Morgan fingerprint density at radius 2 is 2.00 bits per heavy atom. The maximum absolute atomic E-state index is 5.56. The summed E-state index contributed by atoms with van der Waals surface area (Å²) in [5.41, 5.74) is 0.941. The average molecular weight is 367 g/mol. The first-order valence-electron chi connectivity index (χ1n) is 6.13. The Hall–Kier alpha value is -1.67. The predicted molar refractivity (Wildman–Crippen MR) is 80.8 cm³/mol. The summed E-state index contributed by atoms with van der Waals surface area (Å²) in [6.07, 6.45) is 0. The maximum Gasteiger partial charge on any atom is 0.283 e. The summed E-state index contributed by atoms with van der Waals surface area (Å²) in [4.78, 5) is 8.60. The summed E-state index contributed by atoms with van der Waals surface area (Å²) in [7, 11) is 0. The monoisotopic (exact) mass is 366 g/mol. The van der Waals surface area contributed by atoms with Crippen LogP contribution in [0.4, 0.5) is 0 Å². The third-order valence-corrected chi connectivity index (χ3v) is 3.86. The molecule has 0 aliphatic heterocycles. The molecule has 3 aromatic heterocycles. The lowest BCUT2D eigenvalue weighted by molar-refractivity contribution is 0.486. The van der Waals surface area contributed by atoms with Crippen molar-refractivity contribution < 1.29 is 8.83 Å². The third-order valence-electron chi connectivity index (χ3n) is 2.54. The molecule has 3 rings (SSSR count). The van der Waals surface area contributed by atoms with Gasteiger partial charge in [0.1, 0.15) is 10.9 Å². The number of hydrogen-bond donors (Lipinski definition) is 0. The van der Waals surface area contributed by atoms with Crippen LogP contribution in [0.5, 0.6) is 0 Å². The van der Waals surface area contributed by atoms with Crippen molar-refractivity contribution in [2.45, 2.75) is 24.6 Å². The molecule has 0 amide bonds.